The fraction of sp³-hybridized carbons (Fsp3) is 0.444. The van der Waals surface area contributed by atoms with E-state index in [0.29, 0.717) is 6.54 Å². The quantitative estimate of drug-likeness (QED) is 0.844. The first kappa shape index (κ1) is 16.4. The summed E-state index contributed by atoms with van der Waals surface area (Å²) < 4.78 is 7.77. The van der Waals surface area contributed by atoms with Crippen LogP contribution in [0.5, 0.6) is 5.75 Å². The highest BCUT2D eigenvalue weighted by Gasteiger charge is 2.28. The Morgan fingerprint density at radius 2 is 2.21 bits per heavy atom. The monoisotopic (exact) mass is 328 g/mol. The number of carbonyl (C=O) groups is 1. The number of benzene rings is 1. The Morgan fingerprint density at radius 3 is 2.92 bits per heavy atom. The van der Waals surface area contributed by atoms with Crippen LogP contribution in [-0.2, 0) is 4.79 Å². The van der Waals surface area contributed by atoms with Crippen LogP contribution in [0.15, 0.2) is 42.7 Å². The number of aromatic nitrogens is 2. The van der Waals surface area contributed by atoms with Gasteiger partial charge in [0.2, 0.25) is 5.91 Å². The fourth-order valence-corrected chi connectivity index (χ4v) is 3.11. The molecule has 0 fully saturated rings. The summed E-state index contributed by atoms with van der Waals surface area (Å²) >= 11 is 0. The summed E-state index contributed by atoms with van der Waals surface area (Å²) in [5, 5.41) is 4.15. The largest absolute Gasteiger partial charge is 0.485 e. The maximum Gasteiger partial charge on any atom is 0.247 e. The van der Waals surface area contributed by atoms with Crippen molar-refractivity contribution in [2.75, 3.05) is 31.6 Å². The van der Waals surface area contributed by atoms with E-state index < -0.39 is 0 Å². The minimum absolute atomic E-state index is 0.0317. The van der Waals surface area contributed by atoms with E-state index in [1.54, 1.807) is 15.8 Å². The fourth-order valence-electron chi connectivity index (χ4n) is 3.11. The molecule has 1 aliphatic rings. The van der Waals surface area contributed by atoms with Gasteiger partial charge in [-0.3, -0.25) is 9.48 Å². The predicted molar refractivity (Wildman–Crippen MR) is 93.3 cm³/mol. The van der Waals surface area contributed by atoms with Crippen molar-refractivity contribution in [2.24, 2.45) is 0 Å². The topological polar surface area (TPSA) is 50.6 Å². The van der Waals surface area contributed by atoms with Gasteiger partial charge in [0.25, 0.3) is 0 Å². The first-order valence-electron chi connectivity index (χ1n) is 8.35. The molecular weight excluding hydrogens is 304 g/mol. The second kappa shape index (κ2) is 6.95. The van der Waals surface area contributed by atoms with Gasteiger partial charge in [0, 0.05) is 26.0 Å². The molecule has 0 aliphatic carbocycles. The summed E-state index contributed by atoms with van der Waals surface area (Å²) in [6, 6.07) is 9.56. The van der Waals surface area contributed by atoms with Gasteiger partial charge < -0.3 is 14.5 Å². The first-order chi connectivity index (χ1) is 11.6. The highest BCUT2D eigenvalue weighted by molar-refractivity contribution is 5.79. The van der Waals surface area contributed by atoms with Crippen molar-refractivity contribution in [3.8, 4) is 5.75 Å². The lowest BCUT2D eigenvalue weighted by Gasteiger charge is -2.37. The Morgan fingerprint density at radius 1 is 1.42 bits per heavy atom. The molecule has 0 spiro atoms. The molecule has 0 bridgehead atoms. The summed E-state index contributed by atoms with van der Waals surface area (Å²) in [6.45, 7) is 6.24. The van der Waals surface area contributed by atoms with Crippen LogP contribution in [-0.4, -0.2) is 53.4 Å². The lowest BCUT2D eigenvalue weighted by Crippen LogP contribution is -2.47. The molecule has 2 heterocycles. The number of hydrogen-bond donors (Lipinski definition) is 0. The second-order valence-corrected chi connectivity index (χ2v) is 6.13. The number of carbonyl (C=O) groups excluding carboxylic acids is 1. The minimum atomic E-state index is -0.317. The van der Waals surface area contributed by atoms with Gasteiger partial charge in [0.1, 0.15) is 17.9 Å². The molecule has 6 heteroatoms. The normalized spacial score (nSPS) is 17.8. The zero-order chi connectivity index (χ0) is 17.1. The van der Waals surface area contributed by atoms with Crippen molar-refractivity contribution in [3.05, 3.63) is 42.7 Å². The van der Waals surface area contributed by atoms with Crippen molar-refractivity contribution in [1.82, 2.24) is 14.7 Å². The molecule has 0 radical (unpaired) electrons. The first-order valence-corrected chi connectivity index (χ1v) is 8.35. The number of hydrogen-bond acceptors (Lipinski definition) is 4. The Balaban J connectivity index is 1.67. The SMILES string of the molecule is CCN1C[C@@H](CN(C)C(=O)[C@@H](C)n2cccn2)Oc2ccccc21. The van der Waals surface area contributed by atoms with Crippen LogP contribution in [0.4, 0.5) is 5.69 Å². The van der Waals surface area contributed by atoms with Crippen molar-refractivity contribution in [1.29, 1.82) is 0 Å². The van der Waals surface area contributed by atoms with Crippen molar-refractivity contribution in [3.63, 3.8) is 0 Å². The van der Waals surface area contributed by atoms with E-state index in [0.717, 1.165) is 24.5 Å². The van der Waals surface area contributed by atoms with Crippen molar-refractivity contribution in [2.45, 2.75) is 26.0 Å². The molecule has 1 aromatic heterocycles. The van der Waals surface area contributed by atoms with Gasteiger partial charge in [-0.1, -0.05) is 12.1 Å². The highest BCUT2D eigenvalue weighted by atomic mass is 16.5. The average molecular weight is 328 g/mol. The number of nitrogens with zero attached hydrogens (tertiary/aromatic N) is 4. The van der Waals surface area contributed by atoms with E-state index in [2.05, 4.69) is 23.0 Å². The Kier molecular flexibility index (Phi) is 4.74. The summed E-state index contributed by atoms with van der Waals surface area (Å²) in [5.74, 6) is 0.917. The van der Waals surface area contributed by atoms with Gasteiger partial charge in [0.05, 0.1) is 18.8 Å². The maximum absolute atomic E-state index is 12.6. The van der Waals surface area contributed by atoms with Gasteiger partial charge in [-0.05, 0) is 32.0 Å². The van der Waals surface area contributed by atoms with Crippen LogP contribution >= 0.6 is 0 Å². The number of anilines is 1. The van der Waals surface area contributed by atoms with Crippen LogP contribution in [0.2, 0.25) is 0 Å². The average Bonchev–Trinajstić information content (AvgIpc) is 3.14. The molecule has 1 aliphatic heterocycles. The van der Waals surface area contributed by atoms with Gasteiger partial charge >= 0.3 is 0 Å². The Labute approximate surface area is 142 Å². The molecule has 6 nitrogen and oxygen atoms in total. The van der Waals surface area contributed by atoms with E-state index in [1.165, 1.54) is 0 Å². The molecule has 3 rings (SSSR count). The number of rotatable bonds is 5. The summed E-state index contributed by atoms with van der Waals surface area (Å²) in [7, 11) is 1.82. The number of fused-ring (bicyclic) bond motifs is 1. The zero-order valence-corrected chi connectivity index (χ0v) is 14.4. The number of ether oxygens (including phenoxy) is 1. The molecule has 0 saturated carbocycles. The molecule has 0 unspecified atom stereocenters. The van der Waals surface area contributed by atoms with E-state index in [1.807, 2.05) is 44.4 Å². The van der Waals surface area contributed by atoms with Gasteiger partial charge in [0.15, 0.2) is 0 Å². The van der Waals surface area contributed by atoms with E-state index in [-0.39, 0.29) is 18.1 Å². The van der Waals surface area contributed by atoms with E-state index in [4.69, 9.17) is 4.74 Å². The van der Waals surface area contributed by atoms with Gasteiger partial charge in [-0.2, -0.15) is 5.10 Å². The third-order valence-electron chi connectivity index (χ3n) is 4.44. The Hall–Kier alpha value is -2.50. The van der Waals surface area contributed by atoms with E-state index >= 15 is 0 Å². The van der Waals surface area contributed by atoms with Crippen LogP contribution in [0, 0.1) is 0 Å². The zero-order valence-electron chi connectivity index (χ0n) is 14.4. The number of amides is 1. The smallest absolute Gasteiger partial charge is 0.247 e. The van der Waals surface area contributed by atoms with Crippen LogP contribution in [0.1, 0.15) is 19.9 Å². The third kappa shape index (κ3) is 3.22. The maximum atomic E-state index is 12.6. The lowest BCUT2D eigenvalue weighted by molar-refractivity contribution is -0.134. The van der Waals surface area contributed by atoms with Crippen molar-refractivity contribution < 1.29 is 9.53 Å². The molecule has 128 valence electrons. The van der Waals surface area contributed by atoms with Crippen LogP contribution < -0.4 is 9.64 Å². The summed E-state index contributed by atoms with van der Waals surface area (Å²) in [4.78, 5) is 16.6. The Bertz CT molecular complexity index is 686. The molecule has 2 atom stereocenters. The van der Waals surface area contributed by atoms with Crippen molar-refractivity contribution >= 4 is 11.6 Å². The minimum Gasteiger partial charge on any atom is -0.485 e. The van der Waals surface area contributed by atoms with Crippen LogP contribution in [0.25, 0.3) is 0 Å². The molecule has 2 aromatic rings. The molecule has 0 saturated heterocycles. The highest BCUT2D eigenvalue weighted by Crippen LogP contribution is 2.32. The molecule has 24 heavy (non-hydrogen) atoms. The molecule has 0 N–H and O–H groups in total. The van der Waals surface area contributed by atoms with E-state index in [9.17, 15) is 4.79 Å². The third-order valence-corrected chi connectivity index (χ3v) is 4.44. The summed E-state index contributed by atoms with van der Waals surface area (Å²) in [5.41, 5.74) is 1.12. The second-order valence-electron chi connectivity index (χ2n) is 6.13. The molecular formula is C18H24N4O2. The molecule has 1 amide bonds. The predicted octanol–water partition coefficient (Wildman–Crippen LogP) is 2.19. The number of likely N-dealkylation sites (N-methyl/N-ethyl adjacent to an activating group) is 2. The summed E-state index contributed by atoms with van der Waals surface area (Å²) in [6.07, 6.45) is 3.45. The standard InChI is InChI=1S/C18H24N4O2/c1-4-21-13-15(24-17-9-6-5-8-16(17)21)12-20(3)18(23)14(2)22-11-7-10-19-22/h5-11,14-15H,4,12-13H2,1-3H3/t14-,15-/m1/s1. The van der Waals surface area contributed by atoms with Gasteiger partial charge in [-0.15, -0.1) is 0 Å². The number of para-hydroxylation sites is 2. The van der Waals surface area contributed by atoms with Crippen LogP contribution in [0.3, 0.4) is 0 Å². The lowest BCUT2D eigenvalue weighted by atomic mass is 10.1. The molecule has 1 aromatic carbocycles. The van der Waals surface area contributed by atoms with Gasteiger partial charge in [-0.25, -0.2) is 0 Å².